The zero-order valence-corrected chi connectivity index (χ0v) is 12.0. The number of para-hydroxylation sites is 2. The summed E-state index contributed by atoms with van der Waals surface area (Å²) >= 11 is 0. The first-order valence-electron chi connectivity index (χ1n) is 6.86. The Bertz CT molecular complexity index is 565. The second kappa shape index (κ2) is 3.83. The van der Waals surface area contributed by atoms with Crippen molar-refractivity contribution in [3.8, 4) is 0 Å². The van der Waals surface area contributed by atoms with Gasteiger partial charge in [-0.05, 0) is 28.9 Å². The zero-order valence-electron chi connectivity index (χ0n) is 12.0. The van der Waals surface area contributed by atoms with Crippen LogP contribution in [-0.4, -0.2) is 16.2 Å². The molecule has 3 nitrogen and oxygen atoms in total. The van der Waals surface area contributed by atoms with Crippen molar-refractivity contribution in [2.24, 2.45) is 16.7 Å². The second-order valence-electron chi connectivity index (χ2n) is 6.77. The summed E-state index contributed by atoms with van der Waals surface area (Å²) in [4.78, 5) is 4.43. The van der Waals surface area contributed by atoms with Gasteiger partial charge in [-0.2, -0.15) is 0 Å². The number of nitrogens with zero attached hydrogens (tertiary/aromatic N) is 1. The van der Waals surface area contributed by atoms with Gasteiger partial charge >= 0.3 is 0 Å². The van der Waals surface area contributed by atoms with Crippen molar-refractivity contribution in [2.75, 3.05) is 0 Å². The van der Waals surface area contributed by atoms with Gasteiger partial charge in [0.25, 0.3) is 0 Å². The molecule has 1 atom stereocenters. The first-order chi connectivity index (χ1) is 8.84. The first kappa shape index (κ1) is 12.7. The van der Waals surface area contributed by atoms with Crippen LogP contribution in [0.5, 0.6) is 0 Å². The molecule has 0 saturated heterocycles. The van der Waals surface area contributed by atoms with Crippen molar-refractivity contribution < 1.29 is 9.52 Å². The molecule has 1 N–H and O–H groups in total. The fourth-order valence-electron chi connectivity index (χ4n) is 3.51. The zero-order chi connectivity index (χ0) is 13.8. The maximum Gasteiger partial charge on any atom is 0.198 e. The van der Waals surface area contributed by atoms with Crippen LogP contribution < -0.4 is 0 Å². The quantitative estimate of drug-likeness (QED) is 0.918. The third-order valence-electron chi connectivity index (χ3n) is 5.24. The second-order valence-corrected chi connectivity index (χ2v) is 6.77. The van der Waals surface area contributed by atoms with E-state index in [1.807, 2.05) is 24.3 Å². The summed E-state index contributed by atoms with van der Waals surface area (Å²) in [6.07, 6.45) is 0.102. The Balaban J connectivity index is 1.79. The van der Waals surface area contributed by atoms with E-state index < -0.39 is 6.10 Å². The highest BCUT2D eigenvalue weighted by Crippen LogP contribution is 2.69. The summed E-state index contributed by atoms with van der Waals surface area (Å²) in [5.41, 5.74) is 2.01. The fraction of sp³-hybridized carbons (Fsp3) is 0.562. The van der Waals surface area contributed by atoms with E-state index in [-0.39, 0.29) is 10.8 Å². The molecule has 0 bridgehead atoms. The van der Waals surface area contributed by atoms with E-state index in [1.54, 1.807) is 0 Å². The minimum atomic E-state index is -0.391. The van der Waals surface area contributed by atoms with Crippen molar-refractivity contribution in [3.63, 3.8) is 0 Å². The number of hydrogen-bond donors (Lipinski definition) is 1. The van der Waals surface area contributed by atoms with Crippen LogP contribution in [0.3, 0.4) is 0 Å². The number of benzene rings is 1. The number of oxazole rings is 1. The van der Waals surface area contributed by atoms with E-state index in [4.69, 9.17) is 4.42 Å². The number of aromatic nitrogens is 1. The van der Waals surface area contributed by atoms with Gasteiger partial charge in [0.1, 0.15) is 5.52 Å². The smallest absolute Gasteiger partial charge is 0.198 e. The van der Waals surface area contributed by atoms with Crippen LogP contribution >= 0.6 is 0 Å². The van der Waals surface area contributed by atoms with E-state index in [9.17, 15) is 5.11 Å². The Hall–Kier alpha value is -1.35. The van der Waals surface area contributed by atoms with Crippen molar-refractivity contribution in [2.45, 2.75) is 40.2 Å². The van der Waals surface area contributed by atoms with Crippen molar-refractivity contribution in [1.82, 2.24) is 4.98 Å². The van der Waals surface area contributed by atoms with E-state index in [2.05, 4.69) is 32.7 Å². The minimum Gasteiger partial charge on any atom is -0.441 e. The normalized spacial score (nSPS) is 22.6. The van der Waals surface area contributed by atoms with E-state index in [0.29, 0.717) is 18.2 Å². The van der Waals surface area contributed by atoms with Crippen molar-refractivity contribution in [3.05, 3.63) is 30.2 Å². The third kappa shape index (κ3) is 1.79. The molecule has 0 radical (unpaired) electrons. The highest BCUT2D eigenvalue weighted by Gasteiger charge is 2.67. The Morgan fingerprint density at radius 3 is 2.42 bits per heavy atom. The van der Waals surface area contributed by atoms with Gasteiger partial charge < -0.3 is 9.52 Å². The fourth-order valence-corrected chi connectivity index (χ4v) is 3.51. The Kier molecular flexibility index (Phi) is 2.55. The van der Waals surface area contributed by atoms with Gasteiger partial charge in [0, 0.05) is 0 Å². The summed E-state index contributed by atoms with van der Waals surface area (Å²) in [5, 5.41) is 10.4. The van der Waals surface area contributed by atoms with E-state index in [0.717, 1.165) is 11.1 Å². The van der Waals surface area contributed by atoms with Crippen LogP contribution in [0.2, 0.25) is 0 Å². The van der Waals surface area contributed by atoms with Gasteiger partial charge in [0.15, 0.2) is 11.5 Å². The number of rotatable bonds is 3. The molecular weight excluding hydrogens is 238 g/mol. The Morgan fingerprint density at radius 2 is 1.84 bits per heavy atom. The van der Waals surface area contributed by atoms with Gasteiger partial charge in [-0.3, -0.25) is 0 Å². The molecule has 1 aliphatic rings. The summed E-state index contributed by atoms with van der Waals surface area (Å²) in [7, 11) is 0. The standard InChI is InChI=1S/C16H21NO2/c1-15(2)14(16(15,3)4)11(18)9-13-17-10-7-5-6-8-12(10)19-13/h5-8,11,14,18H,9H2,1-4H3. The molecule has 1 saturated carbocycles. The largest absolute Gasteiger partial charge is 0.441 e. The maximum absolute atomic E-state index is 10.4. The number of aliphatic hydroxyl groups excluding tert-OH is 1. The summed E-state index contributed by atoms with van der Waals surface area (Å²) in [6.45, 7) is 8.86. The van der Waals surface area contributed by atoms with Crippen molar-refractivity contribution >= 4 is 11.1 Å². The lowest BCUT2D eigenvalue weighted by Crippen LogP contribution is -2.17. The lowest BCUT2D eigenvalue weighted by atomic mass is 10.0. The highest BCUT2D eigenvalue weighted by atomic mass is 16.4. The van der Waals surface area contributed by atoms with Gasteiger partial charge in [-0.15, -0.1) is 0 Å². The molecule has 2 aromatic rings. The molecule has 1 aromatic heterocycles. The van der Waals surface area contributed by atoms with E-state index in [1.165, 1.54) is 0 Å². The summed E-state index contributed by atoms with van der Waals surface area (Å²) < 4.78 is 5.68. The molecule has 0 aliphatic heterocycles. The molecule has 19 heavy (non-hydrogen) atoms. The maximum atomic E-state index is 10.4. The topological polar surface area (TPSA) is 46.3 Å². The van der Waals surface area contributed by atoms with Crippen LogP contribution in [0.15, 0.2) is 28.7 Å². The van der Waals surface area contributed by atoms with Gasteiger partial charge in [-0.25, -0.2) is 4.98 Å². The molecule has 1 aromatic carbocycles. The first-order valence-corrected chi connectivity index (χ1v) is 6.86. The predicted octanol–water partition coefficient (Wildman–Crippen LogP) is 3.41. The van der Waals surface area contributed by atoms with Crippen LogP contribution in [0.4, 0.5) is 0 Å². The van der Waals surface area contributed by atoms with Crippen molar-refractivity contribution in [1.29, 1.82) is 0 Å². The number of aliphatic hydroxyl groups is 1. The summed E-state index contributed by atoms with van der Waals surface area (Å²) in [5.74, 6) is 0.933. The molecule has 0 amide bonds. The highest BCUT2D eigenvalue weighted by molar-refractivity contribution is 5.72. The number of hydrogen-bond acceptors (Lipinski definition) is 3. The Morgan fingerprint density at radius 1 is 1.21 bits per heavy atom. The molecule has 3 rings (SSSR count). The monoisotopic (exact) mass is 259 g/mol. The number of fused-ring (bicyclic) bond motifs is 1. The average Bonchev–Trinajstić information content (AvgIpc) is 2.61. The molecule has 1 aliphatic carbocycles. The van der Waals surface area contributed by atoms with Crippen LogP contribution in [0.25, 0.3) is 11.1 Å². The van der Waals surface area contributed by atoms with Crippen LogP contribution in [0.1, 0.15) is 33.6 Å². The molecule has 3 heteroatoms. The Labute approximate surface area is 113 Å². The third-order valence-corrected chi connectivity index (χ3v) is 5.24. The van der Waals surface area contributed by atoms with Crippen LogP contribution in [-0.2, 0) is 6.42 Å². The van der Waals surface area contributed by atoms with Crippen LogP contribution in [0, 0.1) is 16.7 Å². The molecule has 102 valence electrons. The molecule has 0 spiro atoms. The minimum absolute atomic E-state index is 0.179. The SMILES string of the molecule is CC1(C)C(C(O)Cc2nc3ccccc3o2)C1(C)C. The molecule has 1 fully saturated rings. The molecule has 1 unspecified atom stereocenters. The lowest BCUT2D eigenvalue weighted by Gasteiger charge is -2.09. The predicted molar refractivity (Wildman–Crippen MR) is 74.8 cm³/mol. The summed E-state index contributed by atoms with van der Waals surface area (Å²) in [6, 6.07) is 7.71. The molecular formula is C16H21NO2. The van der Waals surface area contributed by atoms with Gasteiger partial charge in [0.2, 0.25) is 0 Å². The van der Waals surface area contributed by atoms with Gasteiger partial charge in [0.05, 0.1) is 12.5 Å². The lowest BCUT2D eigenvalue weighted by molar-refractivity contribution is 0.122. The van der Waals surface area contributed by atoms with Gasteiger partial charge in [-0.1, -0.05) is 39.8 Å². The molecule has 1 heterocycles. The average molecular weight is 259 g/mol. The van der Waals surface area contributed by atoms with E-state index >= 15 is 0 Å².